The summed E-state index contributed by atoms with van der Waals surface area (Å²) in [6.07, 6.45) is 0. The maximum atomic E-state index is 11.3. The lowest BCUT2D eigenvalue weighted by Crippen LogP contribution is -2.09. The Morgan fingerprint density at radius 3 is 2.38 bits per heavy atom. The van der Waals surface area contributed by atoms with Crippen LogP contribution < -0.4 is 15.8 Å². The third-order valence-corrected chi connectivity index (χ3v) is 3.64. The van der Waals surface area contributed by atoms with Gasteiger partial charge in [0, 0.05) is 11.3 Å². The lowest BCUT2D eigenvalue weighted by molar-refractivity contribution is 0.101. The molecule has 0 aliphatic heterocycles. The standard InChI is InChI=1S/C19H19N5O2/c1-12-3-7-15(8-4-12)21-19-23-17(22-18(20)24-19)11-26-16-9-5-14(6-10-16)13(2)25/h3-10H,11H2,1-2H3,(H3,20,21,22,23,24). The van der Waals surface area contributed by atoms with Gasteiger partial charge in [0.25, 0.3) is 0 Å². The topological polar surface area (TPSA) is 103 Å². The number of carbonyl (C=O) groups excluding carboxylic acids is 1. The van der Waals surface area contributed by atoms with Gasteiger partial charge in [-0.3, -0.25) is 4.79 Å². The number of ether oxygens (including phenoxy) is 1. The van der Waals surface area contributed by atoms with Crippen molar-refractivity contribution in [3.05, 3.63) is 65.5 Å². The van der Waals surface area contributed by atoms with Crippen LogP contribution in [0.5, 0.6) is 5.75 Å². The van der Waals surface area contributed by atoms with Crippen molar-refractivity contribution >= 4 is 23.4 Å². The summed E-state index contributed by atoms with van der Waals surface area (Å²) in [5, 5.41) is 3.10. The van der Waals surface area contributed by atoms with Crippen LogP contribution in [0.2, 0.25) is 0 Å². The normalized spacial score (nSPS) is 10.4. The number of nitrogens with one attached hydrogen (secondary N) is 1. The molecule has 132 valence electrons. The molecule has 7 heteroatoms. The molecule has 0 fully saturated rings. The van der Waals surface area contributed by atoms with E-state index >= 15 is 0 Å². The summed E-state index contributed by atoms with van der Waals surface area (Å²) in [4.78, 5) is 23.8. The Bertz CT molecular complexity index is 908. The van der Waals surface area contributed by atoms with Crippen molar-refractivity contribution in [1.82, 2.24) is 15.0 Å². The van der Waals surface area contributed by atoms with Gasteiger partial charge in [-0.15, -0.1) is 0 Å². The number of ketones is 1. The Morgan fingerprint density at radius 1 is 1.04 bits per heavy atom. The van der Waals surface area contributed by atoms with Gasteiger partial charge in [0.1, 0.15) is 12.4 Å². The first-order valence-corrected chi connectivity index (χ1v) is 8.07. The predicted octanol–water partition coefficient (Wildman–Crippen LogP) is 3.29. The van der Waals surface area contributed by atoms with Crippen LogP contribution in [0.3, 0.4) is 0 Å². The highest BCUT2D eigenvalue weighted by Crippen LogP contribution is 2.16. The molecule has 0 aliphatic carbocycles. The lowest BCUT2D eigenvalue weighted by atomic mass is 10.1. The average Bonchev–Trinajstić information content (AvgIpc) is 2.62. The zero-order chi connectivity index (χ0) is 18.5. The minimum absolute atomic E-state index is 0.00797. The molecule has 7 nitrogen and oxygen atoms in total. The van der Waals surface area contributed by atoms with E-state index in [1.165, 1.54) is 6.92 Å². The SMILES string of the molecule is CC(=O)c1ccc(OCc2nc(N)nc(Nc3ccc(C)cc3)n2)cc1. The Kier molecular flexibility index (Phi) is 5.07. The van der Waals surface area contributed by atoms with Gasteiger partial charge < -0.3 is 15.8 Å². The van der Waals surface area contributed by atoms with Gasteiger partial charge in [0.2, 0.25) is 11.9 Å². The smallest absolute Gasteiger partial charge is 0.232 e. The molecule has 0 bridgehead atoms. The van der Waals surface area contributed by atoms with Crippen LogP contribution in [0, 0.1) is 6.92 Å². The number of benzene rings is 2. The molecular weight excluding hydrogens is 330 g/mol. The Labute approximate surface area is 151 Å². The molecular formula is C19H19N5O2. The number of anilines is 3. The van der Waals surface area contributed by atoms with Gasteiger partial charge >= 0.3 is 0 Å². The molecule has 2 aromatic carbocycles. The van der Waals surface area contributed by atoms with Crippen molar-refractivity contribution in [1.29, 1.82) is 0 Å². The number of nitrogens with two attached hydrogens (primary N) is 1. The van der Waals surface area contributed by atoms with Crippen molar-refractivity contribution < 1.29 is 9.53 Å². The summed E-state index contributed by atoms with van der Waals surface area (Å²) in [5.41, 5.74) is 8.41. The zero-order valence-corrected chi connectivity index (χ0v) is 14.6. The number of Topliss-reactive ketones (excluding diaryl/α,β-unsaturated/α-hetero) is 1. The second-order valence-corrected chi connectivity index (χ2v) is 5.79. The lowest BCUT2D eigenvalue weighted by Gasteiger charge is -2.09. The van der Waals surface area contributed by atoms with E-state index in [0.717, 1.165) is 11.3 Å². The molecule has 0 radical (unpaired) electrons. The highest BCUT2D eigenvalue weighted by molar-refractivity contribution is 5.94. The van der Waals surface area contributed by atoms with E-state index in [-0.39, 0.29) is 18.3 Å². The second kappa shape index (κ2) is 7.60. The molecule has 0 spiro atoms. The van der Waals surface area contributed by atoms with E-state index in [1.54, 1.807) is 24.3 Å². The van der Waals surface area contributed by atoms with E-state index < -0.39 is 0 Å². The maximum absolute atomic E-state index is 11.3. The molecule has 3 N–H and O–H groups in total. The average molecular weight is 349 g/mol. The fourth-order valence-electron chi connectivity index (χ4n) is 2.26. The third kappa shape index (κ3) is 4.54. The number of carbonyl (C=O) groups is 1. The molecule has 1 heterocycles. The number of aryl methyl sites for hydroxylation is 1. The molecule has 0 amide bonds. The van der Waals surface area contributed by atoms with Crippen LogP contribution in [0.25, 0.3) is 0 Å². The van der Waals surface area contributed by atoms with Crippen LogP contribution in [0.1, 0.15) is 28.7 Å². The maximum Gasteiger partial charge on any atom is 0.232 e. The fourth-order valence-corrected chi connectivity index (χ4v) is 2.26. The largest absolute Gasteiger partial charge is 0.486 e. The predicted molar refractivity (Wildman–Crippen MR) is 99.5 cm³/mol. The Balaban J connectivity index is 1.69. The summed E-state index contributed by atoms with van der Waals surface area (Å²) >= 11 is 0. The van der Waals surface area contributed by atoms with Crippen molar-refractivity contribution in [2.24, 2.45) is 0 Å². The highest BCUT2D eigenvalue weighted by Gasteiger charge is 2.07. The van der Waals surface area contributed by atoms with Gasteiger partial charge in [-0.25, -0.2) is 0 Å². The summed E-state index contributed by atoms with van der Waals surface area (Å²) in [6, 6.07) is 14.7. The quantitative estimate of drug-likeness (QED) is 0.658. The molecule has 0 unspecified atom stereocenters. The number of nitrogen functional groups attached to an aromatic ring is 1. The van der Waals surface area contributed by atoms with Crippen molar-refractivity contribution in [3.63, 3.8) is 0 Å². The minimum atomic E-state index is 0.00797. The van der Waals surface area contributed by atoms with Gasteiger partial charge in [0.05, 0.1) is 0 Å². The summed E-state index contributed by atoms with van der Waals surface area (Å²) < 4.78 is 5.66. The van der Waals surface area contributed by atoms with E-state index in [1.807, 2.05) is 31.2 Å². The Morgan fingerprint density at radius 2 is 1.73 bits per heavy atom. The number of rotatable bonds is 6. The number of aromatic nitrogens is 3. The number of hydrogen-bond donors (Lipinski definition) is 2. The molecule has 26 heavy (non-hydrogen) atoms. The number of hydrogen-bond acceptors (Lipinski definition) is 7. The first kappa shape index (κ1) is 17.3. The molecule has 3 aromatic rings. The highest BCUT2D eigenvalue weighted by atomic mass is 16.5. The van der Waals surface area contributed by atoms with Crippen LogP contribution in [-0.4, -0.2) is 20.7 Å². The van der Waals surface area contributed by atoms with Crippen LogP contribution >= 0.6 is 0 Å². The molecule has 3 rings (SSSR count). The molecule has 0 saturated heterocycles. The monoisotopic (exact) mass is 349 g/mol. The fraction of sp³-hybridized carbons (Fsp3) is 0.158. The molecule has 0 saturated carbocycles. The van der Waals surface area contributed by atoms with E-state index in [2.05, 4.69) is 20.3 Å². The van der Waals surface area contributed by atoms with E-state index in [4.69, 9.17) is 10.5 Å². The number of nitrogens with zero attached hydrogens (tertiary/aromatic N) is 3. The summed E-state index contributed by atoms with van der Waals surface area (Å²) in [5.74, 6) is 1.49. The van der Waals surface area contributed by atoms with Crippen molar-refractivity contribution in [2.45, 2.75) is 20.5 Å². The van der Waals surface area contributed by atoms with Gasteiger partial charge in [-0.1, -0.05) is 17.7 Å². The first-order valence-electron chi connectivity index (χ1n) is 8.07. The second-order valence-electron chi connectivity index (χ2n) is 5.79. The van der Waals surface area contributed by atoms with E-state index in [0.29, 0.717) is 23.1 Å². The van der Waals surface area contributed by atoms with Crippen LogP contribution in [-0.2, 0) is 6.61 Å². The summed E-state index contributed by atoms with van der Waals surface area (Å²) in [6.45, 7) is 3.67. The molecule has 0 aliphatic rings. The van der Waals surface area contributed by atoms with Crippen molar-refractivity contribution in [2.75, 3.05) is 11.1 Å². The van der Waals surface area contributed by atoms with Crippen LogP contribution in [0.15, 0.2) is 48.5 Å². The first-order chi connectivity index (χ1) is 12.5. The van der Waals surface area contributed by atoms with E-state index in [9.17, 15) is 4.79 Å². The van der Waals surface area contributed by atoms with Crippen LogP contribution in [0.4, 0.5) is 17.6 Å². The van der Waals surface area contributed by atoms with Gasteiger partial charge in [0.15, 0.2) is 11.6 Å². The minimum Gasteiger partial charge on any atom is -0.486 e. The molecule has 1 aromatic heterocycles. The van der Waals surface area contributed by atoms with Crippen molar-refractivity contribution in [3.8, 4) is 5.75 Å². The van der Waals surface area contributed by atoms with Gasteiger partial charge in [-0.05, 0) is 50.2 Å². The zero-order valence-electron chi connectivity index (χ0n) is 14.6. The molecule has 0 atom stereocenters. The third-order valence-electron chi connectivity index (χ3n) is 3.64. The summed E-state index contributed by atoms with van der Waals surface area (Å²) in [7, 11) is 0. The Hall–Kier alpha value is -3.48. The van der Waals surface area contributed by atoms with Gasteiger partial charge in [-0.2, -0.15) is 15.0 Å².